The van der Waals surface area contributed by atoms with Crippen molar-refractivity contribution in [1.29, 1.82) is 0 Å². The molecule has 0 radical (unpaired) electrons. The molecule has 1 unspecified atom stereocenters. The summed E-state index contributed by atoms with van der Waals surface area (Å²) in [6.45, 7) is 7.66. The first-order valence-corrected chi connectivity index (χ1v) is 6.62. The highest BCUT2D eigenvalue weighted by atomic mass is 16.5. The number of hydrogen-bond acceptors (Lipinski definition) is 3. The fourth-order valence-corrected chi connectivity index (χ4v) is 2.16. The van der Waals surface area contributed by atoms with E-state index in [9.17, 15) is 0 Å². The van der Waals surface area contributed by atoms with Crippen molar-refractivity contribution < 1.29 is 4.74 Å². The van der Waals surface area contributed by atoms with Crippen molar-refractivity contribution in [2.75, 3.05) is 26.8 Å². The number of methoxy groups -OCH3 is 1. The number of nitrogens with zero attached hydrogens (tertiary/aromatic N) is 1. The molecule has 0 aromatic carbocycles. The van der Waals surface area contributed by atoms with Crippen molar-refractivity contribution in [3.05, 3.63) is 0 Å². The third kappa shape index (κ3) is 5.83. The van der Waals surface area contributed by atoms with Crippen molar-refractivity contribution in [3.63, 3.8) is 0 Å². The summed E-state index contributed by atoms with van der Waals surface area (Å²) in [5.74, 6) is 0.742. The van der Waals surface area contributed by atoms with E-state index in [0.29, 0.717) is 6.04 Å². The molecular formula is C13H28N2O. The molecule has 0 bridgehead atoms. The zero-order valence-electron chi connectivity index (χ0n) is 11.1. The van der Waals surface area contributed by atoms with Gasteiger partial charge in [0.05, 0.1) is 0 Å². The van der Waals surface area contributed by atoms with Crippen molar-refractivity contribution in [1.82, 2.24) is 4.90 Å². The van der Waals surface area contributed by atoms with Crippen LogP contribution in [0.4, 0.5) is 0 Å². The Balaban J connectivity index is 2.19. The van der Waals surface area contributed by atoms with Crippen LogP contribution in [-0.4, -0.2) is 43.8 Å². The Labute approximate surface area is 100 Å². The Morgan fingerprint density at radius 3 is 2.50 bits per heavy atom. The van der Waals surface area contributed by atoms with Gasteiger partial charge in [0.25, 0.3) is 0 Å². The predicted octanol–water partition coefficient (Wildman–Crippen LogP) is 1.86. The van der Waals surface area contributed by atoms with Crippen LogP contribution in [0.2, 0.25) is 0 Å². The van der Waals surface area contributed by atoms with Gasteiger partial charge in [-0.1, -0.05) is 13.8 Å². The first kappa shape index (κ1) is 13.9. The molecular weight excluding hydrogens is 200 g/mol. The molecule has 2 N–H and O–H groups in total. The fourth-order valence-electron chi connectivity index (χ4n) is 2.16. The topological polar surface area (TPSA) is 38.5 Å². The van der Waals surface area contributed by atoms with Crippen molar-refractivity contribution >= 4 is 0 Å². The van der Waals surface area contributed by atoms with Gasteiger partial charge in [0, 0.05) is 38.9 Å². The molecule has 0 spiro atoms. The maximum atomic E-state index is 6.16. The van der Waals surface area contributed by atoms with Gasteiger partial charge in [-0.05, 0) is 31.6 Å². The van der Waals surface area contributed by atoms with E-state index in [0.717, 1.165) is 38.0 Å². The molecule has 3 heteroatoms. The number of rotatable bonds is 9. The lowest BCUT2D eigenvalue weighted by molar-refractivity contribution is 0.180. The first-order chi connectivity index (χ1) is 7.63. The second kappa shape index (κ2) is 7.25. The molecule has 1 aliphatic carbocycles. The van der Waals surface area contributed by atoms with Crippen LogP contribution in [0.25, 0.3) is 0 Å². The van der Waals surface area contributed by atoms with E-state index in [4.69, 9.17) is 10.5 Å². The molecule has 0 amide bonds. The second-order valence-electron chi connectivity index (χ2n) is 5.47. The van der Waals surface area contributed by atoms with E-state index in [1.165, 1.54) is 19.4 Å². The van der Waals surface area contributed by atoms with Crippen LogP contribution in [0.15, 0.2) is 0 Å². The summed E-state index contributed by atoms with van der Waals surface area (Å²) in [5.41, 5.74) is 6.16. The molecule has 0 heterocycles. The average molecular weight is 228 g/mol. The summed E-state index contributed by atoms with van der Waals surface area (Å²) in [5, 5.41) is 0. The number of nitrogens with two attached hydrogens (primary N) is 1. The molecule has 1 rings (SSSR count). The molecule has 0 saturated heterocycles. The Morgan fingerprint density at radius 2 is 2.00 bits per heavy atom. The molecule has 0 aromatic rings. The Bertz CT molecular complexity index is 181. The maximum absolute atomic E-state index is 6.16. The predicted molar refractivity (Wildman–Crippen MR) is 68.5 cm³/mol. The monoisotopic (exact) mass is 228 g/mol. The van der Waals surface area contributed by atoms with E-state index in [1.54, 1.807) is 7.11 Å². The highest BCUT2D eigenvalue weighted by molar-refractivity contribution is 4.86. The molecule has 0 aliphatic heterocycles. The third-order valence-corrected chi connectivity index (χ3v) is 3.06. The highest BCUT2D eigenvalue weighted by Gasteiger charge is 2.29. The van der Waals surface area contributed by atoms with E-state index in [1.807, 2.05) is 0 Å². The van der Waals surface area contributed by atoms with Gasteiger partial charge in [0.1, 0.15) is 0 Å². The highest BCUT2D eigenvalue weighted by Crippen LogP contribution is 2.27. The summed E-state index contributed by atoms with van der Waals surface area (Å²) < 4.78 is 5.05. The Hall–Kier alpha value is -0.120. The van der Waals surface area contributed by atoms with E-state index >= 15 is 0 Å². The average Bonchev–Trinajstić information content (AvgIpc) is 2.99. The van der Waals surface area contributed by atoms with E-state index < -0.39 is 0 Å². The zero-order chi connectivity index (χ0) is 12.0. The number of ether oxygens (including phenoxy) is 1. The SMILES string of the molecule is COCCCC(N)CN(CC(C)C)C1CC1. The minimum Gasteiger partial charge on any atom is -0.385 e. The zero-order valence-corrected chi connectivity index (χ0v) is 11.1. The quantitative estimate of drug-likeness (QED) is 0.612. The van der Waals surface area contributed by atoms with Crippen LogP contribution < -0.4 is 5.73 Å². The van der Waals surface area contributed by atoms with Gasteiger partial charge in [-0.3, -0.25) is 4.90 Å². The minimum atomic E-state index is 0.314. The van der Waals surface area contributed by atoms with Crippen LogP contribution in [0.3, 0.4) is 0 Å². The first-order valence-electron chi connectivity index (χ1n) is 6.62. The van der Waals surface area contributed by atoms with Crippen molar-refractivity contribution in [3.8, 4) is 0 Å². The fraction of sp³-hybridized carbons (Fsp3) is 1.00. The van der Waals surface area contributed by atoms with Gasteiger partial charge in [0.2, 0.25) is 0 Å². The van der Waals surface area contributed by atoms with E-state index in [-0.39, 0.29) is 0 Å². The van der Waals surface area contributed by atoms with Crippen LogP contribution in [0.1, 0.15) is 39.5 Å². The van der Waals surface area contributed by atoms with Crippen LogP contribution in [-0.2, 0) is 4.74 Å². The Morgan fingerprint density at radius 1 is 1.31 bits per heavy atom. The summed E-state index contributed by atoms with van der Waals surface area (Å²) in [6, 6.07) is 1.14. The number of hydrogen-bond donors (Lipinski definition) is 1. The van der Waals surface area contributed by atoms with Crippen molar-refractivity contribution in [2.45, 2.75) is 51.6 Å². The summed E-state index contributed by atoms with van der Waals surface area (Å²) >= 11 is 0. The molecule has 1 atom stereocenters. The summed E-state index contributed by atoms with van der Waals surface area (Å²) in [6.07, 6.45) is 4.90. The smallest absolute Gasteiger partial charge is 0.0462 e. The van der Waals surface area contributed by atoms with Gasteiger partial charge in [0.15, 0.2) is 0 Å². The molecule has 1 aliphatic rings. The standard InChI is InChI=1S/C13H28N2O/c1-11(2)9-15(13-6-7-13)10-12(14)5-4-8-16-3/h11-13H,4-10,14H2,1-3H3. The largest absolute Gasteiger partial charge is 0.385 e. The summed E-state index contributed by atoms with van der Waals surface area (Å²) in [4.78, 5) is 2.59. The second-order valence-corrected chi connectivity index (χ2v) is 5.47. The van der Waals surface area contributed by atoms with Crippen LogP contribution in [0, 0.1) is 5.92 Å². The lowest BCUT2D eigenvalue weighted by Gasteiger charge is -2.27. The molecule has 0 aromatic heterocycles. The van der Waals surface area contributed by atoms with Gasteiger partial charge in [-0.2, -0.15) is 0 Å². The van der Waals surface area contributed by atoms with Crippen LogP contribution >= 0.6 is 0 Å². The molecule has 3 nitrogen and oxygen atoms in total. The van der Waals surface area contributed by atoms with Crippen LogP contribution in [0.5, 0.6) is 0 Å². The van der Waals surface area contributed by atoms with Gasteiger partial charge < -0.3 is 10.5 Å². The van der Waals surface area contributed by atoms with Gasteiger partial charge in [-0.15, -0.1) is 0 Å². The normalized spacial score (nSPS) is 18.4. The Kier molecular flexibility index (Phi) is 6.32. The molecule has 1 saturated carbocycles. The summed E-state index contributed by atoms with van der Waals surface area (Å²) in [7, 11) is 1.75. The van der Waals surface area contributed by atoms with Crippen molar-refractivity contribution in [2.24, 2.45) is 11.7 Å². The lowest BCUT2D eigenvalue weighted by atomic mass is 10.1. The third-order valence-electron chi connectivity index (χ3n) is 3.06. The van der Waals surface area contributed by atoms with E-state index in [2.05, 4.69) is 18.7 Å². The minimum absolute atomic E-state index is 0.314. The van der Waals surface area contributed by atoms with Gasteiger partial charge in [-0.25, -0.2) is 0 Å². The van der Waals surface area contributed by atoms with Gasteiger partial charge >= 0.3 is 0 Å². The maximum Gasteiger partial charge on any atom is 0.0462 e. The lowest BCUT2D eigenvalue weighted by Crippen LogP contribution is -2.40. The molecule has 96 valence electrons. The molecule has 1 fully saturated rings. The molecule has 16 heavy (non-hydrogen) atoms.